The average Bonchev–Trinajstić information content (AvgIpc) is 2.76. The predicted octanol–water partition coefficient (Wildman–Crippen LogP) is 1.13. The number of carbonyl (C=O) groups excluding carboxylic acids is 2. The second-order valence-electron chi connectivity index (χ2n) is 5.75. The van der Waals surface area contributed by atoms with Crippen LogP contribution in [-0.2, 0) is 4.79 Å². The summed E-state index contributed by atoms with van der Waals surface area (Å²) >= 11 is 4.80. The van der Waals surface area contributed by atoms with Gasteiger partial charge in [0.25, 0.3) is 28.9 Å². The van der Waals surface area contributed by atoms with E-state index in [1.165, 1.54) is 24.3 Å². The Morgan fingerprint density at radius 2 is 1.38 bits per heavy atom. The lowest BCUT2D eigenvalue weighted by molar-refractivity contribution is -0.394. The van der Waals surface area contributed by atoms with Crippen LogP contribution in [0.4, 0.5) is 17.1 Å². The molecule has 2 rings (SSSR count). The summed E-state index contributed by atoms with van der Waals surface area (Å²) in [6.07, 6.45) is 0. The Morgan fingerprint density at radius 3 is 1.88 bits per heavy atom. The lowest BCUT2D eigenvalue weighted by atomic mass is 10.1. The number of hydrogen-bond donors (Lipinski definition) is 3. The first-order chi connectivity index (χ1) is 15.1. The Kier molecular flexibility index (Phi) is 7.61. The topological polar surface area (TPSA) is 209 Å². The van der Waals surface area contributed by atoms with E-state index in [4.69, 9.17) is 17.0 Å². The van der Waals surface area contributed by atoms with E-state index < -0.39 is 55.2 Å². The lowest BCUT2D eigenvalue weighted by Crippen LogP contribution is -2.49. The van der Waals surface area contributed by atoms with Crippen molar-refractivity contribution in [2.24, 2.45) is 0 Å². The van der Waals surface area contributed by atoms with Gasteiger partial charge in [-0.15, -0.1) is 0 Å². The maximum Gasteiger partial charge on any atom is 0.277 e. The Labute approximate surface area is 182 Å². The van der Waals surface area contributed by atoms with Crippen LogP contribution in [0.2, 0.25) is 0 Å². The summed E-state index contributed by atoms with van der Waals surface area (Å²) in [6.45, 7) is -0.502. The highest BCUT2D eigenvalue weighted by molar-refractivity contribution is 7.80. The molecule has 3 N–H and O–H groups in total. The van der Waals surface area contributed by atoms with Crippen molar-refractivity contribution >= 4 is 46.2 Å². The summed E-state index contributed by atoms with van der Waals surface area (Å²) in [6, 6.07) is 7.30. The monoisotopic (exact) mass is 464 g/mol. The lowest BCUT2D eigenvalue weighted by Gasteiger charge is -2.11. The van der Waals surface area contributed by atoms with Crippen LogP contribution in [0.15, 0.2) is 42.5 Å². The highest BCUT2D eigenvalue weighted by Crippen LogP contribution is 2.22. The molecule has 0 heterocycles. The number of hydrogen-bond acceptors (Lipinski definition) is 10. The highest BCUT2D eigenvalue weighted by Gasteiger charge is 2.20. The van der Waals surface area contributed by atoms with Crippen LogP contribution in [0.3, 0.4) is 0 Å². The molecule has 0 saturated carbocycles. The van der Waals surface area contributed by atoms with Gasteiger partial charge in [-0.3, -0.25) is 56.1 Å². The van der Waals surface area contributed by atoms with E-state index in [9.17, 15) is 39.9 Å². The van der Waals surface area contributed by atoms with Gasteiger partial charge in [0.05, 0.1) is 26.4 Å². The van der Waals surface area contributed by atoms with E-state index >= 15 is 0 Å². The van der Waals surface area contributed by atoms with E-state index in [0.717, 1.165) is 12.1 Å². The molecule has 0 radical (unpaired) electrons. The van der Waals surface area contributed by atoms with Crippen LogP contribution in [0, 0.1) is 30.3 Å². The number of thiocarbonyl (C=S) groups is 1. The molecule has 0 aliphatic carbocycles. The maximum absolute atomic E-state index is 12.2. The van der Waals surface area contributed by atoms with Crippen LogP contribution in [0.5, 0.6) is 5.75 Å². The Balaban J connectivity index is 1.87. The quantitative estimate of drug-likeness (QED) is 0.300. The number of nitrogens with one attached hydrogen (secondary N) is 3. The van der Waals surface area contributed by atoms with E-state index in [2.05, 4.69) is 16.2 Å². The molecule has 0 bridgehead atoms. The Hall–Kier alpha value is -4.73. The first-order valence-electron chi connectivity index (χ1n) is 8.28. The number of ether oxygens (including phenoxy) is 1. The zero-order chi connectivity index (χ0) is 23.8. The molecule has 0 spiro atoms. The summed E-state index contributed by atoms with van der Waals surface area (Å²) in [4.78, 5) is 53.9. The molecule has 2 amide bonds. The summed E-state index contributed by atoms with van der Waals surface area (Å²) in [5, 5.41) is 34.0. The van der Waals surface area contributed by atoms with Crippen molar-refractivity contribution in [1.29, 1.82) is 0 Å². The number of non-ortho nitro benzene ring substituents is 3. The van der Waals surface area contributed by atoms with Gasteiger partial charge in [-0.2, -0.15) is 0 Å². The smallest absolute Gasteiger partial charge is 0.277 e. The summed E-state index contributed by atoms with van der Waals surface area (Å²) in [5.74, 6) is -1.54. The van der Waals surface area contributed by atoms with Crippen molar-refractivity contribution < 1.29 is 29.1 Å². The number of nitro benzene ring substituents is 3. The third kappa shape index (κ3) is 6.66. The SMILES string of the molecule is O=C(COc1ccc([N+](=O)[O-])cc1)NNC(=S)NC(=O)c1cc([N+](=O)[O-])cc([N+](=O)[O-])c1. The minimum atomic E-state index is -0.995. The van der Waals surface area contributed by atoms with Gasteiger partial charge in [-0.1, -0.05) is 0 Å². The van der Waals surface area contributed by atoms with Gasteiger partial charge in [0.15, 0.2) is 11.7 Å². The number of carbonyl (C=O) groups is 2. The zero-order valence-electron chi connectivity index (χ0n) is 15.7. The number of nitrogens with zero attached hydrogens (tertiary/aromatic N) is 3. The number of rotatable bonds is 7. The van der Waals surface area contributed by atoms with Gasteiger partial charge in [0.2, 0.25) is 0 Å². The van der Waals surface area contributed by atoms with Crippen LogP contribution in [0.1, 0.15) is 10.4 Å². The number of hydrazine groups is 1. The van der Waals surface area contributed by atoms with E-state index in [1.54, 1.807) is 0 Å². The number of amides is 2. The molecule has 0 saturated heterocycles. The van der Waals surface area contributed by atoms with Gasteiger partial charge in [-0.25, -0.2) is 0 Å². The summed E-state index contributed by atoms with van der Waals surface area (Å²) in [5.41, 5.74) is 2.40. The molecule has 16 heteroatoms. The second kappa shape index (κ2) is 10.3. The van der Waals surface area contributed by atoms with Crippen LogP contribution >= 0.6 is 12.2 Å². The van der Waals surface area contributed by atoms with Gasteiger partial charge >= 0.3 is 0 Å². The molecule has 0 aromatic heterocycles. The highest BCUT2D eigenvalue weighted by atomic mass is 32.1. The van der Waals surface area contributed by atoms with Gasteiger partial charge in [0, 0.05) is 24.3 Å². The van der Waals surface area contributed by atoms with Crippen LogP contribution in [0.25, 0.3) is 0 Å². The van der Waals surface area contributed by atoms with Crippen molar-refractivity contribution in [3.63, 3.8) is 0 Å². The Bertz CT molecular complexity index is 1070. The zero-order valence-corrected chi connectivity index (χ0v) is 16.5. The molecular weight excluding hydrogens is 452 g/mol. The number of benzene rings is 2. The van der Waals surface area contributed by atoms with Crippen LogP contribution < -0.4 is 20.9 Å². The summed E-state index contributed by atoms with van der Waals surface area (Å²) in [7, 11) is 0. The molecule has 0 aliphatic heterocycles. The Morgan fingerprint density at radius 1 is 0.844 bits per heavy atom. The van der Waals surface area contributed by atoms with Crippen molar-refractivity contribution in [3.05, 3.63) is 78.4 Å². The molecule has 0 atom stereocenters. The van der Waals surface area contributed by atoms with E-state index in [0.29, 0.717) is 6.07 Å². The fourth-order valence-corrected chi connectivity index (χ4v) is 2.26. The molecule has 32 heavy (non-hydrogen) atoms. The third-order valence-electron chi connectivity index (χ3n) is 3.55. The van der Waals surface area contributed by atoms with Crippen molar-refractivity contribution in [2.45, 2.75) is 0 Å². The molecule has 2 aromatic carbocycles. The molecule has 166 valence electrons. The van der Waals surface area contributed by atoms with E-state index in [-0.39, 0.29) is 11.4 Å². The average molecular weight is 464 g/mol. The van der Waals surface area contributed by atoms with Crippen molar-refractivity contribution in [1.82, 2.24) is 16.2 Å². The van der Waals surface area contributed by atoms with Gasteiger partial charge in [-0.05, 0) is 24.4 Å². The standard InChI is InChI=1S/C16H12N6O9S/c23-14(8-31-13-3-1-10(2-4-13)20(25)26)18-19-16(32)17-15(24)9-5-11(21(27)28)7-12(6-9)22(29)30/h1-7H,8H2,(H,18,23)(H2,17,19,24,32). The molecule has 0 unspecified atom stereocenters. The van der Waals surface area contributed by atoms with Crippen molar-refractivity contribution in [2.75, 3.05) is 6.61 Å². The van der Waals surface area contributed by atoms with Crippen molar-refractivity contribution in [3.8, 4) is 5.75 Å². The molecular formula is C16H12N6O9S. The van der Waals surface area contributed by atoms with Crippen LogP contribution in [-0.4, -0.2) is 38.3 Å². The fraction of sp³-hybridized carbons (Fsp3) is 0.0625. The maximum atomic E-state index is 12.2. The minimum absolute atomic E-state index is 0.154. The molecule has 0 fully saturated rings. The number of nitro groups is 3. The first kappa shape index (κ1) is 23.5. The fourth-order valence-electron chi connectivity index (χ4n) is 2.12. The first-order valence-corrected chi connectivity index (χ1v) is 8.69. The second-order valence-corrected chi connectivity index (χ2v) is 6.16. The largest absolute Gasteiger partial charge is 0.484 e. The summed E-state index contributed by atoms with van der Waals surface area (Å²) < 4.78 is 5.12. The third-order valence-corrected chi connectivity index (χ3v) is 3.75. The van der Waals surface area contributed by atoms with Gasteiger partial charge in [0.1, 0.15) is 5.75 Å². The molecule has 2 aromatic rings. The minimum Gasteiger partial charge on any atom is -0.484 e. The van der Waals surface area contributed by atoms with Gasteiger partial charge < -0.3 is 4.74 Å². The van der Waals surface area contributed by atoms with E-state index in [1.807, 2.05) is 0 Å². The normalized spacial score (nSPS) is 9.88. The molecule has 15 nitrogen and oxygen atoms in total. The predicted molar refractivity (Wildman–Crippen MR) is 110 cm³/mol. The molecule has 0 aliphatic rings.